The van der Waals surface area contributed by atoms with Gasteiger partial charge in [-0.3, -0.25) is 4.79 Å². The molecule has 0 saturated carbocycles. The third-order valence-electron chi connectivity index (χ3n) is 5.66. The molecule has 0 radical (unpaired) electrons. The first-order valence-electron chi connectivity index (χ1n) is 10.9. The van der Waals surface area contributed by atoms with Gasteiger partial charge in [-0.15, -0.1) is 0 Å². The topological polar surface area (TPSA) is 85.8 Å². The zero-order valence-corrected chi connectivity index (χ0v) is 19.7. The van der Waals surface area contributed by atoms with Gasteiger partial charge in [-0.2, -0.15) is 5.10 Å². The fourth-order valence-electron chi connectivity index (χ4n) is 3.92. The summed E-state index contributed by atoms with van der Waals surface area (Å²) in [7, 11) is 0. The lowest BCUT2D eigenvalue weighted by Gasteiger charge is -2.07. The molecule has 0 bridgehead atoms. The van der Waals surface area contributed by atoms with Crippen LogP contribution in [0.5, 0.6) is 0 Å². The number of thioether (sulfide) groups is 1. The summed E-state index contributed by atoms with van der Waals surface area (Å²) >= 11 is 1.47. The summed E-state index contributed by atoms with van der Waals surface area (Å²) in [6.45, 7) is 4.32. The molecule has 1 amide bonds. The minimum Gasteiger partial charge on any atom is -0.451 e. The number of carbonyl (C=O) groups is 1. The Morgan fingerprint density at radius 3 is 2.50 bits per heavy atom. The number of aryl methyl sites for hydroxylation is 1. The summed E-state index contributed by atoms with van der Waals surface area (Å²) in [6, 6.07) is 19.4. The van der Waals surface area contributed by atoms with Gasteiger partial charge in [-0.25, -0.2) is 14.6 Å². The quantitative estimate of drug-likeness (QED) is 0.259. The molecule has 5 aromatic rings. The monoisotopic (exact) mass is 469 g/mol. The molecule has 0 unspecified atom stereocenters. The second kappa shape index (κ2) is 9.52. The van der Waals surface area contributed by atoms with Gasteiger partial charge in [-0.1, -0.05) is 48.2 Å². The summed E-state index contributed by atoms with van der Waals surface area (Å²) in [5, 5.41) is 9.27. The molecule has 0 spiro atoms. The molecular formula is C26H23N5O2S. The van der Waals surface area contributed by atoms with Crippen LogP contribution < -0.4 is 5.32 Å². The van der Waals surface area contributed by atoms with Gasteiger partial charge in [0.2, 0.25) is 0 Å². The number of benzene rings is 2. The Hall–Kier alpha value is -3.91. The number of hydrogen-bond acceptors (Lipinski definition) is 6. The number of para-hydroxylation sites is 2. The summed E-state index contributed by atoms with van der Waals surface area (Å²) in [4.78, 5) is 21.8. The molecular weight excluding hydrogens is 446 g/mol. The van der Waals surface area contributed by atoms with Crippen molar-refractivity contribution in [3.05, 3.63) is 101 Å². The van der Waals surface area contributed by atoms with E-state index in [4.69, 9.17) is 4.42 Å². The van der Waals surface area contributed by atoms with Crippen LogP contribution in [0.15, 0.2) is 82.6 Å². The summed E-state index contributed by atoms with van der Waals surface area (Å²) in [5.74, 6) is 0.579. The van der Waals surface area contributed by atoms with Crippen molar-refractivity contribution in [1.29, 1.82) is 0 Å². The molecule has 0 aliphatic carbocycles. The normalized spacial score (nSPS) is 11.1. The van der Waals surface area contributed by atoms with Crippen molar-refractivity contribution in [1.82, 2.24) is 25.1 Å². The van der Waals surface area contributed by atoms with Gasteiger partial charge < -0.3 is 9.73 Å². The number of carbonyl (C=O) groups excluding carboxylic acids is 1. The second-order valence-electron chi connectivity index (χ2n) is 7.81. The van der Waals surface area contributed by atoms with E-state index >= 15 is 0 Å². The van der Waals surface area contributed by atoms with E-state index in [0.717, 1.165) is 33.6 Å². The maximum Gasteiger partial charge on any atom is 0.287 e. The molecule has 34 heavy (non-hydrogen) atoms. The molecule has 0 saturated heterocycles. The molecule has 5 rings (SSSR count). The molecule has 2 aromatic carbocycles. The van der Waals surface area contributed by atoms with Gasteiger partial charge in [-0.05, 0) is 38.1 Å². The smallest absolute Gasteiger partial charge is 0.287 e. The van der Waals surface area contributed by atoms with Crippen molar-refractivity contribution in [2.45, 2.75) is 31.3 Å². The summed E-state index contributed by atoms with van der Waals surface area (Å²) in [5.41, 5.74) is 5.36. The summed E-state index contributed by atoms with van der Waals surface area (Å²) in [6.07, 6.45) is 3.41. The fraction of sp³-hybridized carbons (Fsp3) is 0.154. The van der Waals surface area contributed by atoms with Crippen molar-refractivity contribution >= 4 is 28.6 Å². The van der Waals surface area contributed by atoms with E-state index in [-0.39, 0.29) is 5.91 Å². The van der Waals surface area contributed by atoms with Crippen LogP contribution in [-0.4, -0.2) is 25.7 Å². The van der Waals surface area contributed by atoms with Crippen molar-refractivity contribution in [2.24, 2.45) is 0 Å². The van der Waals surface area contributed by atoms with Gasteiger partial charge >= 0.3 is 0 Å². The highest BCUT2D eigenvalue weighted by Gasteiger charge is 2.22. The zero-order valence-electron chi connectivity index (χ0n) is 18.9. The molecule has 3 aromatic heterocycles. The summed E-state index contributed by atoms with van der Waals surface area (Å²) < 4.78 is 7.89. The first-order valence-corrected chi connectivity index (χ1v) is 11.9. The Kier molecular flexibility index (Phi) is 6.14. The van der Waals surface area contributed by atoms with Gasteiger partial charge in [0.15, 0.2) is 10.9 Å². The molecule has 0 aliphatic rings. The van der Waals surface area contributed by atoms with Crippen molar-refractivity contribution in [3.63, 3.8) is 0 Å². The van der Waals surface area contributed by atoms with Crippen LogP contribution in [0.3, 0.4) is 0 Å². The SMILES string of the molecule is Cc1nn(-c2ccccc2)c(C)c1CNC(=O)c1oc2ccccc2c1CSc1ncccn1. The highest BCUT2D eigenvalue weighted by Crippen LogP contribution is 2.31. The number of fused-ring (bicyclic) bond motifs is 1. The molecule has 3 heterocycles. The minimum atomic E-state index is -0.257. The second-order valence-corrected chi connectivity index (χ2v) is 8.75. The van der Waals surface area contributed by atoms with Crippen molar-refractivity contribution in [3.8, 4) is 5.69 Å². The Labute approximate surface area is 201 Å². The highest BCUT2D eigenvalue weighted by molar-refractivity contribution is 7.98. The predicted molar refractivity (Wildman–Crippen MR) is 132 cm³/mol. The Bertz CT molecular complexity index is 1440. The highest BCUT2D eigenvalue weighted by atomic mass is 32.2. The third kappa shape index (κ3) is 4.32. The maximum absolute atomic E-state index is 13.2. The molecule has 0 atom stereocenters. The van der Waals surface area contributed by atoms with Crippen LogP contribution in [-0.2, 0) is 12.3 Å². The van der Waals surface area contributed by atoms with Crippen LogP contribution in [0.1, 0.15) is 33.1 Å². The number of amides is 1. The average molecular weight is 470 g/mol. The van der Waals surface area contributed by atoms with Crippen molar-refractivity contribution in [2.75, 3.05) is 0 Å². The van der Waals surface area contributed by atoms with Crippen LogP contribution in [0.25, 0.3) is 16.7 Å². The van der Waals surface area contributed by atoms with E-state index in [2.05, 4.69) is 20.4 Å². The van der Waals surface area contributed by atoms with Gasteiger partial charge in [0.05, 0.1) is 11.4 Å². The first kappa shape index (κ1) is 21.9. The largest absolute Gasteiger partial charge is 0.451 e. The van der Waals surface area contributed by atoms with E-state index in [0.29, 0.717) is 28.8 Å². The number of hydrogen-bond donors (Lipinski definition) is 1. The Balaban J connectivity index is 1.39. The number of rotatable bonds is 7. The van der Waals surface area contributed by atoms with E-state index in [9.17, 15) is 4.79 Å². The van der Waals surface area contributed by atoms with E-state index in [1.807, 2.05) is 73.1 Å². The Morgan fingerprint density at radius 1 is 0.971 bits per heavy atom. The molecule has 170 valence electrons. The number of furan rings is 1. The lowest BCUT2D eigenvalue weighted by atomic mass is 10.1. The Morgan fingerprint density at radius 2 is 1.71 bits per heavy atom. The van der Waals surface area contributed by atoms with Crippen LogP contribution in [0.2, 0.25) is 0 Å². The predicted octanol–water partition coefficient (Wildman–Crippen LogP) is 5.25. The van der Waals surface area contributed by atoms with Crippen molar-refractivity contribution < 1.29 is 9.21 Å². The molecule has 7 nitrogen and oxygen atoms in total. The minimum absolute atomic E-state index is 0.257. The average Bonchev–Trinajstić information content (AvgIpc) is 3.39. The number of nitrogens with one attached hydrogen (secondary N) is 1. The van der Waals surface area contributed by atoms with Crippen LogP contribution >= 0.6 is 11.8 Å². The van der Waals surface area contributed by atoms with Crippen LogP contribution in [0, 0.1) is 13.8 Å². The van der Waals surface area contributed by atoms with Gasteiger partial charge in [0, 0.05) is 46.9 Å². The molecule has 8 heteroatoms. The van der Waals surface area contributed by atoms with Gasteiger partial charge in [0.25, 0.3) is 5.91 Å². The molecule has 0 aliphatic heterocycles. The number of nitrogens with zero attached hydrogens (tertiary/aromatic N) is 4. The molecule has 0 fully saturated rings. The van der Waals surface area contributed by atoms with Gasteiger partial charge in [0.1, 0.15) is 5.58 Å². The standard InChI is InChI=1S/C26H23N5O2S/c1-17-21(18(2)31(30-17)19-9-4-3-5-10-19)15-29-25(32)24-22(16-34-26-27-13-8-14-28-26)20-11-6-7-12-23(20)33-24/h3-14H,15-16H2,1-2H3,(H,29,32). The number of aromatic nitrogens is 4. The lowest BCUT2D eigenvalue weighted by molar-refractivity contribution is 0.0924. The lowest BCUT2D eigenvalue weighted by Crippen LogP contribution is -2.24. The first-order chi connectivity index (χ1) is 16.6. The van der Waals surface area contributed by atoms with Crippen LogP contribution in [0.4, 0.5) is 0 Å². The molecule has 1 N–H and O–H groups in total. The van der Waals surface area contributed by atoms with E-state index < -0.39 is 0 Å². The fourth-order valence-corrected chi connectivity index (χ4v) is 4.75. The maximum atomic E-state index is 13.2. The zero-order chi connectivity index (χ0) is 23.5. The van der Waals surface area contributed by atoms with E-state index in [1.165, 1.54) is 11.8 Å². The van der Waals surface area contributed by atoms with E-state index in [1.54, 1.807) is 18.5 Å². The third-order valence-corrected chi connectivity index (χ3v) is 6.56.